The summed E-state index contributed by atoms with van der Waals surface area (Å²) in [7, 11) is 0. The van der Waals surface area contributed by atoms with Gasteiger partial charge in [0.1, 0.15) is 0 Å². The second-order valence-electron chi connectivity index (χ2n) is 9.71. The molecule has 192 valence electrons. The van der Waals surface area contributed by atoms with Gasteiger partial charge in [0.2, 0.25) is 0 Å². The van der Waals surface area contributed by atoms with Gasteiger partial charge in [0.25, 0.3) is 0 Å². The summed E-state index contributed by atoms with van der Waals surface area (Å²) < 4.78 is 6.18. The lowest BCUT2D eigenvalue weighted by atomic mass is 9.99. The van der Waals surface area contributed by atoms with Gasteiger partial charge in [-0.25, -0.2) is 0 Å². The number of carbonyl (C=O) groups is 1. The van der Waals surface area contributed by atoms with Crippen molar-refractivity contribution in [3.63, 3.8) is 0 Å². The van der Waals surface area contributed by atoms with E-state index in [0.29, 0.717) is 0 Å². The molecule has 0 bridgehead atoms. The minimum atomic E-state index is -0.702. The predicted molar refractivity (Wildman–Crippen MR) is 136 cm³/mol. The molecule has 0 aliphatic carbocycles. The SMILES string of the molecule is CCCCCCCCCCOC(CCCCCCCC)C(O)CCCCCCCC(=O)O. The van der Waals surface area contributed by atoms with Gasteiger partial charge < -0.3 is 14.9 Å². The topological polar surface area (TPSA) is 66.8 Å². The van der Waals surface area contributed by atoms with Crippen LogP contribution in [0.15, 0.2) is 0 Å². The van der Waals surface area contributed by atoms with Crippen LogP contribution in [0.1, 0.15) is 155 Å². The summed E-state index contributed by atoms with van der Waals surface area (Å²) in [6.45, 7) is 5.29. The van der Waals surface area contributed by atoms with Gasteiger partial charge in [-0.1, -0.05) is 123 Å². The van der Waals surface area contributed by atoms with Crippen molar-refractivity contribution in [3.8, 4) is 0 Å². The number of aliphatic hydroxyl groups excluding tert-OH is 1. The van der Waals surface area contributed by atoms with Crippen molar-refractivity contribution in [2.24, 2.45) is 0 Å². The van der Waals surface area contributed by atoms with Gasteiger partial charge in [-0.3, -0.25) is 4.79 Å². The van der Waals surface area contributed by atoms with Crippen LogP contribution in [0.4, 0.5) is 0 Å². The lowest BCUT2D eigenvalue weighted by molar-refractivity contribution is -0.137. The number of unbranched alkanes of at least 4 members (excludes halogenated alkanes) is 16. The number of aliphatic hydroxyl groups is 1. The molecule has 0 aromatic carbocycles. The normalized spacial score (nSPS) is 13.3. The van der Waals surface area contributed by atoms with Crippen LogP contribution in [-0.2, 0) is 9.53 Å². The maximum atomic E-state index is 10.7. The molecule has 0 heterocycles. The number of ether oxygens (including phenoxy) is 1. The Morgan fingerprint density at radius 3 is 1.59 bits per heavy atom. The van der Waals surface area contributed by atoms with Gasteiger partial charge >= 0.3 is 5.97 Å². The van der Waals surface area contributed by atoms with Gasteiger partial charge in [-0.05, 0) is 25.7 Å². The van der Waals surface area contributed by atoms with E-state index in [1.807, 2.05) is 0 Å². The first-order valence-corrected chi connectivity index (χ1v) is 14.1. The monoisotopic (exact) mass is 456 g/mol. The fourth-order valence-electron chi connectivity index (χ4n) is 4.33. The largest absolute Gasteiger partial charge is 0.481 e. The molecule has 0 rings (SSSR count). The average Bonchev–Trinajstić information content (AvgIpc) is 2.77. The Morgan fingerprint density at radius 1 is 0.625 bits per heavy atom. The Kier molecular flexibility index (Phi) is 24.5. The molecule has 32 heavy (non-hydrogen) atoms. The molecule has 0 saturated heterocycles. The molecule has 0 aromatic heterocycles. The summed E-state index contributed by atoms with van der Waals surface area (Å²) in [6, 6.07) is 0. The van der Waals surface area contributed by atoms with Crippen LogP contribution in [0.25, 0.3) is 0 Å². The average molecular weight is 457 g/mol. The molecule has 4 heteroatoms. The maximum Gasteiger partial charge on any atom is 0.303 e. The van der Waals surface area contributed by atoms with Gasteiger partial charge in [-0.2, -0.15) is 0 Å². The molecule has 0 radical (unpaired) electrons. The highest BCUT2D eigenvalue weighted by Crippen LogP contribution is 2.18. The van der Waals surface area contributed by atoms with Gasteiger partial charge in [-0.15, -0.1) is 0 Å². The zero-order chi connectivity index (χ0) is 23.7. The molecule has 0 saturated carbocycles. The second kappa shape index (κ2) is 25.0. The summed E-state index contributed by atoms with van der Waals surface area (Å²) in [4.78, 5) is 10.6. The number of hydrogen-bond donors (Lipinski definition) is 2. The fourth-order valence-corrected chi connectivity index (χ4v) is 4.33. The molecule has 0 aliphatic heterocycles. The van der Waals surface area contributed by atoms with Gasteiger partial charge in [0, 0.05) is 13.0 Å². The van der Waals surface area contributed by atoms with Gasteiger partial charge in [0.15, 0.2) is 0 Å². The van der Waals surface area contributed by atoms with Crippen LogP contribution in [0, 0.1) is 0 Å². The quantitative estimate of drug-likeness (QED) is 0.128. The van der Waals surface area contributed by atoms with Crippen molar-refractivity contribution in [1.29, 1.82) is 0 Å². The highest BCUT2D eigenvalue weighted by Gasteiger charge is 2.19. The van der Waals surface area contributed by atoms with E-state index < -0.39 is 5.97 Å². The van der Waals surface area contributed by atoms with Gasteiger partial charge in [0.05, 0.1) is 12.2 Å². The molecule has 0 aromatic rings. The van der Waals surface area contributed by atoms with Crippen molar-refractivity contribution < 1.29 is 19.7 Å². The lowest BCUT2D eigenvalue weighted by Crippen LogP contribution is -2.29. The van der Waals surface area contributed by atoms with Crippen LogP contribution >= 0.6 is 0 Å². The Labute approximate surface area is 199 Å². The zero-order valence-corrected chi connectivity index (χ0v) is 21.6. The molecule has 0 fully saturated rings. The minimum absolute atomic E-state index is 0.0160. The molecule has 0 aliphatic rings. The van der Waals surface area contributed by atoms with E-state index in [2.05, 4.69) is 13.8 Å². The second-order valence-corrected chi connectivity index (χ2v) is 9.71. The standard InChI is InChI=1S/C28H56O4/c1-3-5-7-9-11-12-17-21-25-32-27(23-19-15-10-8-6-4-2)26(29)22-18-14-13-16-20-24-28(30)31/h26-27,29H,3-25H2,1-2H3,(H,30,31). The molecule has 0 spiro atoms. The molecule has 0 amide bonds. The minimum Gasteiger partial charge on any atom is -0.481 e. The summed E-state index contributed by atoms with van der Waals surface area (Å²) in [5.41, 5.74) is 0. The molecular formula is C28H56O4. The number of rotatable bonds is 26. The van der Waals surface area contributed by atoms with Crippen LogP contribution in [0.2, 0.25) is 0 Å². The Hall–Kier alpha value is -0.610. The van der Waals surface area contributed by atoms with E-state index in [4.69, 9.17) is 9.84 Å². The zero-order valence-electron chi connectivity index (χ0n) is 21.6. The summed E-state index contributed by atoms with van der Waals surface area (Å²) in [6.07, 6.45) is 24.6. The summed E-state index contributed by atoms with van der Waals surface area (Å²) >= 11 is 0. The summed E-state index contributed by atoms with van der Waals surface area (Å²) in [5.74, 6) is -0.702. The third-order valence-corrected chi connectivity index (χ3v) is 6.49. The molecule has 2 unspecified atom stereocenters. The first-order valence-electron chi connectivity index (χ1n) is 14.1. The van der Waals surface area contributed by atoms with E-state index in [1.54, 1.807) is 0 Å². The fraction of sp³-hybridized carbons (Fsp3) is 0.964. The molecular weight excluding hydrogens is 400 g/mol. The van der Waals surface area contributed by atoms with Crippen molar-refractivity contribution in [3.05, 3.63) is 0 Å². The van der Waals surface area contributed by atoms with Crippen molar-refractivity contribution >= 4 is 5.97 Å². The van der Waals surface area contributed by atoms with Crippen molar-refractivity contribution in [2.45, 2.75) is 167 Å². The number of aliphatic carboxylic acids is 1. The van der Waals surface area contributed by atoms with Crippen LogP contribution in [-0.4, -0.2) is 35.0 Å². The first-order chi connectivity index (χ1) is 15.6. The third kappa shape index (κ3) is 22.6. The molecule has 2 N–H and O–H groups in total. The van der Waals surface area contributed by atoms with Crippen molar-refractivity contribution in [2.75, 3.05) is 6.61 Å². The van der Waals surface area contributed by atoms with E-state index in [1.165, 1.54) is 77.0 Å². The van der Waals surface area contributed by atoms with Crippen LogP contribution in [0.5, 0.6) is 0 Å². The highest BCUT2D eigenvalue weighted by atomic mass is 16.5. The first kappa shape index (κ1) is 31.4. The number of carboxylic acid groups (broad SMARTS) is 1. The van der Waals surface area contributed by atoms with E-state index in [9.17, 15) is 9.90 Å². The highest BCUT2D eigenvalue weighted by molar-refractivity contribution is 5.66. The summed E-state index contributed by atoms with van der Waals surface area (Å²) in [5, 5.41) is 19.4. The number of hydrogen-bond acceptors (Lipinski definition) is 3. The smallest absolute Gasteiger partial charge is 0.303 e. The third-order valence-electron chi connectivity index (χ3n) is 6.49. The Bertz CT molecular complexity index is 386. The van der Waals surface area contributed by atoms with E-state index in [-0.39, 0.29) is 18.6 Å². The number of carboxylic acids is 1. The molecule has 2 atom stereocenters. The van der Waals surface area contributed by atoms with Crippen LogP contribution < -0.4 is 0 Å². The lowest BCUT2D eigenvalue weighted by Gasteiger charge is -2.24. The van der Waals surface area contributed by atoms with Crippen LogP contribution in [0.3, 0.4) is 0 Å². The Morgan fingerprint density at radius 2 is 1.06 bits per heavy atom. The molecule has 4 nitrogen and oxygen atoms in total. The predicted octanol–water partition coefficient (Wildman–Crippen LogP) is 8.44. The Balaban J connectivity index is 4.03. The maximum absolute atomic E-state index is 10.7. The van der Waals surface area contributed by atoms with Crippen molar-refractivity contribution in [1.82, 2.24) is 0 Å². The van der Waals surface area contributed by atoms with E-state index in [0.717, 1.165) is 64.4 Å². The van der Waals surface area contributed by atoms with E-state index >= 15 is 0 Å².